The maximum absolute atomic E-state index is 5.88. The molecule has 0 amide bonds. The van der Waals surface area contributed by atoms with E-state index in [1.54, 1.807) is 11.3 Å². The van der Waals surface area contributed by atoms with Crippen LogP contribution in [0.1, 0.15) is 17.7 Å². The van der Waals surface area contributed by atoms with Gasteiger partial charge in [0.2, 0.25) is 0 Å². The Hall–Kier alpha value is -0.130. The first-order valence-corrected chi connectivity index (χ1v) is 6.31. The van der Waals surface area contributed by atoms with Gasteiger partial charge in [0.25, 0.3) is 0 Å². The van der Waals surface area contributed by atoms with Gasteiger partial charge in [0.1, 0.15) is 0 Å². The van der Waals surface area contributed by atoms with Gasteiger partial charge in [-0.1, -0.05) is 11.6 Å². The minimum absolute atomic E-state index is 0.196. The van der Waals surface area contributed by atoms with E-state index < -0.39 is 0 Å². The maximum atomic E-state index is 5.88. The number of ether oxygens (including phenoxy) is 1. The Morgan fingerprint density at radius 1 is 1.67 bits per heavy atom. The normalized spacial score (nSPS) is 23.2. The van der Waals surface area contributed by atoms with E-state index in [-0.39, 0.29) is 12.1 Å². The van der Waals surface area contributed by atoms with Crippen LogP contribution in [0.4, 0.5) is 0 Å². The summed E-state index contributed by atoms with van der Waals surface area (Å²) in [5.74, 6) is 5.55. The second kappa shape index (κ2) is 5.27. The zero-order chi connectivity index (χ0) is 10.7. The van der Waals surface area contributed by atoms with Crippen molar-refractivity contribution < 1.29 is 4.74 Å². The van der Waals surface area contributed by atoms with E-state index in [1.807, 2.05) is 12.1 Å². The van der Waals surface area contributed by atoms with Gasteiger partial charge in [0.05, 0.1) is 16.5 Å². The standard InChI is InChI=1S/C10H15ClN2OS/c11-10-4-3-7(15-10)6-8(13-12)9-2-1-5-14-9/h3-4,8-9,13H,1-2,5-6,12H2. The summed E-state index contributed by atoms with van der Waals surface area (Å²) in [4.78, 5) is 1.25. The van der Waals surface area contributed by atoms with Gasteiger partial charge >= 0.3 is 0 Å². The molecule has 0 radical (unpaired) electrons. The van der Waals surface area contributed by atoms with Gasteiger partial charge in [-0.25, -0.2) is 0 Å². The maximum Gasteiger partial charge on any atom is 0.0931 e. The van der Waals surface area contributed by atoms with E-state index >= 15 is 0 Å². The third-order valence-corrected chi connectivity index (χ3v) is 3.93. The molecule has 3 N–H and O–H groups in total. The van der Waals surface area contributed by atoms with Gasteiger partial charge in [-0.3, -0.25) is 11.3 Å². The largest absolute Gasteiger partial charge is 0.377 e. The highest BCUT2D eigenvalue weighted by Gasteiger charge is 2.25. The summed E-state index contributed by atoms with van der Waals surface area (Å²) in [6.45, 7) is 0.855. The second-order valence-electron chi connectivity index (χ2n) is 3.73. The number of hydrazine groups is 1. The van der Waals surface area contributed by atoms with Gasteiger partial charge in [0, 0.05) is 17.9 Å². The summed E-state index contributed by atoms with van der Waals surface area (Å²) < 4.78 is 6.44. The van der Waals surface area contributed by atoms with E-state index in [2.05, 4.69) is 5.43 Å². The topological polar surface area (TPSA) is 47.3 Å². The molecule has 1 aliphatic heterocycles. The third-order valence-electron chi connectivity index (χ3n) is 2.68. The monoisotopic (exact) mass is 246 g/mol. The third kappa shape index (κ3) is 2.92. The van der Waals surface area contributed by atoms with Crippen molar-refractivity contribution in [2.75, 3.05) is 6.61 Å². The molecule has 1 aliphatic rings. The van der Waals surface area contributed by atoms with E-state index in [1.165, 1.54) is 4.88 Å². The first-order chi connectivity index (χ1) is 7.29. The molecule has 1 aromatic heterocycles. The van der Waals surface area contributed by atoms with Crippen molar-refractivity contribution >= 4 is 22.9 Å². The Bertz CT molecular complexity index is 312. The van der Waals surface area contributed by atoms with Crippen LogP contribution in [0.5, 0.6) is 0 Å². The number of hydrogen-bond acceptors (Lipinski definition) is 4. The number of halogens is 1. The van der Waals surface area contributed by atoms with Crippen molar-refractivity contribution in [2.45, 2.75) is 31.4 Å². The molecule has 2 unspecified atom stereocenters. The highest BCUT2D eigenvalue weighted by Crippen LogP contribution is 2.25. The molecular formula is C10H15ClN2OS. The predicted molar refractivity (Wildman–Crippen MR) is 63.1 cm³/mol. The molecule has 2 atom stereocenters. The predicted octanol–water partition coefficient (Wildman–Crippen LogP) is 1.95. The lowest BCUT2D eigenvalue weighted by Gasteiger charge is -2.21. The van der Waals surface area contributed by atoms with Crippen molar-refractivity contribution in [1.29, 1.82) is 0 Å². The van der Waals surface area contributed by atoms with Crippen LogP contribution in [0.25, 0.3) is 0 Å². The molecule has 0 saturated carbocycles. The summed E-state index contributed by atoms with van der Waals surface area (Å²) in [5.41, 5.74) is 2.84. The molecule has 3 nitrogen and oxygen atoms in total. The Labute approximate surface area is 98.5 Å². The SMILES string of the molecule is NNC(Cc1ccc(Cl)s1)C1CCCO1. The van der Waals surface area contributed by atoms with Crippen molar-refractivity contribution in [2.24, 2.45) is 5.84 Å². The number of hydrogen-bond donors (Lipinski definition) is 2. The summed E-state index contributed by atoms with van der Waals surface area (Å²) in [6.07, 6.45) is 3.36. The van der Waals surface area contributed by atoms with Crippen LogP contribution >= 0.6 is 22.9 Å². The second-order valence-corrected chi connectivity index (χ2v) is 5.53. The molecule has 0 aromatic carbocycles. The zero-order valence-electron chi connectivity index (χ0n) is 8.41. The average Bonchev–Trinajstić information content (AvgIpc) is 2.85. The highest BCUT2D eigenvalue weighted by atomic mass is 35.5. The van der Waals surface area contributed by atoms with Gasteiger partial charge in [-0.05, 0) is 25.0 Å². The first kappa shape index (κ1) is 11.4. The highest BCUT2D eigenvalue weighted by molar-refractivity contribution is 7.16. The fraction of sp³-hybridized carbons (Fsp3) is 0.600. The summed E-state index contributed by atoms with van der Waals surface area (Å²) in [6, 6.07) is 4.17. The van der Waals surface area contributed by atoms with Crippen molar-refractivity contribution in [3.05, 3.63) is 21.3 Å². The van der Waals surface area contributed by atoms with Crippen molar-refractivity contribution in [3.8, 4) is 0 Å². The summed E-state index contributed by atoms with van der Waals surface area (Å²) >= 11 is 7.49. The van der Waals surface area contributed by atoms with Gasteiger partial charge < -0.3 is 4.74 Å². The Morgan fingerprint density at radius 2 is 2.53 bits per heavy atom. The minimum atomic E-state index is 0.196. The molecule has 0 aliphatic carbocycles. The Balaban J connectivity index is 1.95. The van der Waals surface area contributed by atoms with Crippen LogP contribution in [0.3, 0.4) is 0 Å². The molecule has 5 heteroatoms. The molecule has 2 rings (SSSR count). The van der Waals surface area contributed by atoms with Crippen molar-refractivity contribution in [1.82, 2.24) is 5.43 Å². The number of nitrogens with two attached hydrogens (primary N) is 1. The molecular weight excluding hydrogens is 232 g/mol. The average molecular weight is 247 g/mol. The smallest absolute Gasteiger partial charge is 0.0931 e. The van der Waals surface area contributed by atoms with Crippen molar-refractivity contribution in [3.63, 3.8) is 0 Å². The molecule has 15 heavy (non-hydrogen) atoms. The van der Waals surface area contributed by atoms with Crippen LogP contribution in [-0.4, -0.2) is 18.8 Å². The van der Waals surface area contributed by atoms with E-state index in [0.717, 1.165) is 30.2 Å². The van der Waals surface area contributed by atoms with Crippen LogP contribution in [0.2, 0.25) is 4.34 Å². The number of thiophene rings is 1. The van der Waals surface area contributed by atoms with Crippen LogP contribution in [-0.2, 0) is 11.2 Å². The first-order valence-electron chi connectivity index (χ1n) is 5.11. The quantitative estimate of drug-likeness (QED) is 0.631. The molecule has 2 heterocycles. The van der Waals surface area contributed by atoms with Crippen LogP contribution in [0, 0.1) is 0 Å². The van der Waals surface area contributed by atoms with Gasteiger partial charge in [-0.15, -0.1) is 11.3 Å². The lowest BCUT2D eigenvalue weighted by Crippen LogP contribution is -2.45. The minimum Gasteiger partial charge on any atom is -0.377 e. The molecule has 84 valence electrons. The molecule has 1 saturated heterocycles. The van der Waals surface area contributed by atoms with Crippen LogP contribution < -0.4 is 11.3 Å². The number of nitrogens with one attached hydrogen (secondary N) is 1. The summed E-state index contributed by atoms with van der Waals surface area (Å²) in [7, 11) is 0. The lowest BCUT2D eigenvalue weighted by atomic mass is 10.0. The fourth-order valence-corrected chi connectivity index (χ4v) is 3.04. The van der Waals surface area contributed by atoms with Gasteiger partial charge in [0.15, 0.2) is 0 Å². The van der Waals surface area contributed by atoms with Gasteiger partial charge in [-0.2, -0.15) is 0 Å². The molecule has 0 bridgehead atoms. The number of rotatable bonds is 4. The van der Waals surface area contributed by atoms with E-state index in [4.69, 9.17) is 22.2 Å². The van der Waals surface area contributed by atoms with E-state index in [0.29, 0.717) is 0 Å². The lowest BCUT2D eigenvalue weighted by molar-refractivity contribution is 0.0787. The zero-order valence-corrected chi connectivity index (χ0v) is 9.98. The summed E-state index contributed by atoms with van der Waals surface area (Å²) in [5, 5.41) is 0. The fourth-order valence-electron chi connectivity index (χ4n) is 1.90. The van der Waals surface area contributed by atoms with Crippen LogP contribution in [0.15, 0.2) is 12.1 Å². The molecule has 1 fully saturated rings. The van der Waals surface area contributed by atoms with E-state index in [9.17, 15) is 0 Å². The molecule has 1 aromatic rings. The molecule has 0 spiro atoms. The Morgan fingerprint density at radius 3 is 3.07 bits per heavy atom. The Kier molecular flexibility index (Phi) is 3.99.